The van der Waals surface area contributed by atoms with Gasteiger partial charge in [0.25, 0.3) is 0 Å². The van der Waals surface area contributed by atoms with Crippen LogP contribution in [0.1, 0.15) is 82.8 Å². The third kappa shape index (κ3) is 22.1. The van der Waals surface area contributed by atoms with Crippen LogP contribution in [0, 0.1) is 5.92 Å². The summed E-state index contributed by atoms with van der Waals surface area (Å²) in [4.78, 5) is 7.13. The van der Waals surface area contributed by atoms with Crippen LogP contribution in [0.15, 0.2) is 552 Å². The third-order valence-electron chi connectivity index (χ3n) is 24.6. The van der Waals surface area contributed by atoms with E-state index in [4.69, 9.17) is 0 Å². The summed E-state index contributed by atoms with van der Waals surface area (Å²) in [6, 6.07) is 133. The van der Waals surface area contributed by atoms with Crippen LogP contribution in [0.25, 0.3) is 111 Å². The molecule has 0 heterocycles. The lowest BCUT2D eigenvalue weighted by molar-refractivity contribution is 0.826. The van der Waals surface area contributed by atoms with Crippen LogP contribution in [-0.4, -0.2) is 0 Å². The molecule has 0 fully saturated rings. The van der Waals surface area contributed by atoms with Crippen LogP contribution in [0.3, 0.4) is 0 Å². The molecule has 0 saturated carbocycles. The first kappa shape index (κ1) is 88.7. The Morgan fingerprint density at radius 1 is 0.374 bits per heavy atom. The van der Waals surface area contributed by atoms with E-state index in [0.717, 1.165) is 49.2 Å². The zero-order chi connectivity index (χ0) is 89.7. The summed E-state index contributed by atoms with van der Waals surface area (Å²) in [7, 11) is 0. The van der Waals surface area contributed by atoms with Gasteiger partial charge in [-0.05, 0) is 266 Å². The summed E-state index contributed by atoms with van der Waals surface area (Å²) in [5.41, 5.74) is 31.8. The quantitative estimate of drug-likeness (QED) is 0.0289. The number of fused-ring (bicyclic) bond motifs is 3. The first-order chi connectivity index (χ1) is 64.7. The largest absolute Gasteiger partial charge is 0.321 e. The Labute approximate surface area is 777 Å². The number of benzene rings is 15. The number of allylic oxidation sites excluding steroid dienone is 25. The number of hydrogen-bond donors (Lipinski definition) is 0. The van der Waals surface area contributed by atoms with Gasteiger partial charge < -0.3 is 14.7 Å². The van der Waals surface area contributed by atoms with Crippen LogP contribution in [-0.2, 0) is 0 Å². The number of anilines is 3. The summed E-state index contributed by atoms with van der Waals surface area (Å²) >= 11 is 0. The standard InChI is InChI=1S/C44H41N.C42H35N.C42H37N/c1-5-8-10-12-21-35(7-3)22-19-31-45(34(4)20-9-6-2)38-29-30-42(43(33-38)36-23-13-11-14-24-36)44-32-37-25-15-16-26-39(37)40-27-17-18-28-41(40)44;1-5-14-32(15-6-1)34-24-26-39(27-25-34)43(38-22-11-4-12-23-38)40-28-29-41(42(31-40)35-18-9-3-10-19-35)37-21-13-20-36(30-37)33-16-7-2-8-17-33;1-3-4-14-32(2)43(39-27-25-36(26-28-39)34-17-10-6-11-18-34)40-29-30-41(42(31-40)37-19-12-7-13-20-37)38-23-21-35(22-24-38)33-15-8-5-9-16-33/h5-21,23-33,35H,1,3,22H2,2,4H3;1-11,13-22,24,26-31,34H,12,23,25H2;3-25,27-31,36H,26H2,1-2H3/b9-6-,10-8-,21-12+,31-19+,34-20+;;4-3-,32-14+. The highest BCUT2D eigenvalue weighted by molar-refractivity contribution is 6.15. The monoisotopic (exact) mass is 1690 g/mol. The number of hydrogen-bond acceptors (Lipinski definition) is 3. The van der Waals surface area contributed by atoms with E-state index in [9.17, 15) is 0 Å². The lowest BCUT2D eigenvalue weighted by Gasteiger charge is -2.32. The van der Waals surface area contributed by atoms with Crippen LogP contribution in [0.4, 0.5) is 17.1 Å². The minimum atomic E-state index is 0.237. The van der Waals surface area contributed by atoms with Crippen molar-refractivity contribution in [2.75, 3.05) is 14.7 Å². The Morgan fingerprint density at radius 2 is 0.832 bits per heavy atom. The van der Waals surface area contributed by atoms with Gasteiger partial charge >= 0.3 is 0 Å². The Kier molecular flexibility index (Phi) is 30.2. The fraction of sp³-hybridized carbons (Fsp3) is 0.0938. The van der Waals surface area contributed by atoms with Gasteiger partial charge in [0, 0.05) is 63.6 Å². The van der Waals surface area contributed by atoms with Gasteiger partial charge in [0.15, 0.2) is 0 Å². The van der Waals surface area contributed by atoms with E-state index in [0.29, 0.717) is 11.8 Å². The summed E-state index contributed by atoms with van der Waals surface area (Å²) in [5, 5.41) is 5.05. The summed E-state index contributed by atoms with van der Waals surface area (Å²) in [6.07, 6.45) is 54.8. The van der Waals surface area contributed by atoms with Gasteiger partial charge in [-0.2, -0.15) is 0 Å². The van der Waals surface area contributed by atoms with Gasteiger partial charge in [0.2, 0.25) is 0 Å². The molecule has 0 bridgehead atoms. The molecule has 3 aliphatic carbocycles. The zero-order valence-electron chi connectivity index (χ0n) is 75.5. The maximum Gasteiger partial charge on any atom is 0.0464 e. The molecule has 640 valence electrons. The minimum absolute atomic E-state index is 0.237. The van der Waals surface area contributed by atoms with Gasteiger partial charge in [-0.1, -0.05) is 431 Å². The summed E-state index contributed by atoms with van der Waals surface area (Å²) < 4.78 is 0. The molecular formula is C128H113N3. The average Bonchev–Trinajstić information content (AvgIpc) is 0.745. The van der Waals surface area contributed by atoms with Crippen molar-refractivity contribution in [3.05, 3.63) is 563 Å². The Balaban J connectivity index is 0.000000144. The van der Waals surface area contributed by atoms with Crippen molar-refractivity contribution < 1.29 is 0 Å². The number of nitrogens with zero attached hydrogens (tertiary/aromatic N) is 3. The molecule has 131 heavy (non-hydrogen) atoms. The maximum absolute atomic E-state index is 4.05. The van der Waals surface area contributed by atoms with Gasteiger partial charge in [-0.25, -0.2) is 0 Å². The van der Waals surface area contributed by atoms with E-state index in [1.54, 1.807) is 6.08 Å². The molecule has 3 aliphatic rings. The van der Waals surface area contributed by atoms with Crippen molar-refractivity contribution in [2.24, 2.45) is 5.92 Å². The first-order valence-corrected chi connectivity index (χ1v) is 46.0. The van der Waals surface area contributed by atoms with Crippen molar-refractivity contribution in [3.63, 3.8) is 0 Å². The molecule has 0 saturated heterocycles. The van der Waals surface area contributed by atoms with Gasteiger partial charge in [-0.3, -0.25) is 0 Å². The van der Waals surface area contributed by atoms with E-state index in [2.05, 4.69) is 534 Å². The smallest absolute Gasteiger partial charge is 0.0464 e. The molecule has 15 aromatic carbocycles. The van der Waals surface area contributed by atoms with Gasteiger partial charge in [0.1, 0.15) is 0 Å². The molecule has 0 aliphatic heterocycles. The second kappa shape index (κ2) is 44.7. The SMILES string of the molecule is C/C=C\C=C(/C)N(C1=CCC(c2ccccc2)C=C1)c1ccc(-c2ccc(-c3ccccc3)cc2)c(-c2ccccc2)c1.C1=CCCC(N(C2=CCC(c3ccccc3)C=C2)c2ccc(-c3cccc(-c4ccccc4)c3)c(-c3ccccc3)c2)=C1.C=C/C=C\C=C\C(C=C)C/C=C/N(/C(C)=C/C=C\C)c1ccc(-c2cc3ccccc3c3ccccc23)c(-c2ccccc2)c1. The average molecular weight is 1690 g/mol. The molecule has 0 N–H and O–H groups in total. The second-order valence-corrected chi connectivity index (χ2v) is 33.2. The van der Waals surface area contributed by atoms with Crippen molar-refractivity contribution in [1.29, 1.82) is 0 Å². The highest BCUT2D eigenvalue weighted by Gasteiger charge is 2.25. The molecule has 18 rings (SSSR count). The lowest BCUT2D eigenvalue weighted by atomic mass is 9.88. The van der Waals surface area contributed by atoms with Crippen molar-refractivity contribution >= 4 is 38.6 Å². The van der Waals surface area contributed by atoms with Crippen LogP contribution in [0.2, 0.25) is 0 Å². The van der Waals surface area contributed by atoms with E-state index < -0.39 is 0 Å². The molecule has 3 atom stereocenters. The Hall–Kier alpha value is -15.7. The molecule has 0 aromatic heterocycles. The predicted molar refractivity (Wildman–Crippen MR) is 567 cm³/mol. The second-order valence-electron chi connectivity index (χ2n) is 33.2. The first-order valence-electron chi connectivity index (χ1n) is 46.0. The highest BCUT2D eigenvalue weighted by atomic mass is 15.2. The Morgan fingerprint density at radius 3 is 1.40 bits per heavy atom. The molecule has 0 amide bonds. The van der Waals surface area contributed by atoms with Crippen LogP contribution < -0.4 is 14.7 Å². The Bertz CT molecular complexity index is 6850. The number of rotatable bonds is 27. The van der Waals surface area contributed by atoms with Crippen molar-refractivity contribution in [1.82, 2.24) is 0 Å². The molecule has 0 radical (unpaired) electrons. The molecule has 0 spiro atoms. The van der Waals surface area contributed by atoms with Crippen molar-refractivity contribution in [3.8, 4) is 89.0 Å². The normalized spacial score (nSPS) is 14.6. The predicted octanol–water partition coefficient (Wildman–Crippen LogP) is 35.6. The van der Waals surface area contributed by atoms with Crippen LogP contribution in [0.5, 0.6) is 0 Å². The summed E-state index contributed by atoms with van der Waals surface area (Å²) in [6.45, 7) is 16.2. The molecule has 15 aromatic rings. The van der Waals surface area contributed by atoms with Gasteiger partial charge in [0.05, 0.1) is 0 Å². The van der Waals surface area contributed by atoms with Gasteiger partial charge in [-0.15, -0.1) is 6.58 Å². The van der Waals surface area contributed by atoms with E-state index >= 15 is 0 Å². The van der Waals surface area contributed by atoms with E-state index in [1.165, 1.54) is 150 Å². The maximum atomic E-state index is 4.05. The zero-order valence-corrected chi connectivity index (χ0v) is 75.5. The topological polar surface area (TPSA) is 9.72 Å². The molecule has 3 unspecified atom stereocenters. The van der Waals surface area contributed by atoms with Crippen LogP contribution >= 0.6 is 0 Å². The molecule has 3 nitrogen and oxygen atoms in total. The van der Waals surface area contributed by atoms with E-state index in [-0.39, 0.29) is 5.92 Å². The fourth-order valence-electron chi connectivity index (χ4n) is 17.8. The lowest BCUT2D eigenvalue weighted by Crippen LogP contribution is -2.23. The highest BCUT2D eigenvalue weighted by Crippen LogP contribution is 2.46. The molecule has 3 heteroatoms. The van der Waals surface area contributed by atoms with E-state index in [1.807, 2.05) is 25.2 Å². The minimum Gasteiger partial charge on any atom is -0.321 e. The fourth-order valence-corrected chi connectivity index (χ4v) is 17.8. The van der Waals surface area contributed by atoms with Crippen molar-refractivity contribution in [2.45, 2.75) is 71.6 Å². The summed E-state index contributed by atoms with van der Waals surface area (Å²) in [5.74, 6) is 1.04. The molecular weight excluding hydrogens is 1580 g/mol. The third-order valence-corrected chi connectivity index (χ3v) is 24.6.